The molecule has 0 bridgehead atoms. The van der Waals surface area contributed by atoms with Gasteiger partial charge in [0.2, 0.25) is 10.0 Å². The van der Waals surface area contributed by atoms with Crippen molar-refractivity contribution >= 4 is 16.0 Å². The van der Waals surface area contributed by atoms with E-state index in [1.165, 1.54) is 12.1 Å². The molecule has 1 aliphatic rings. The molecule has 1 aliphatic heterocycles. The number of hydrogen-bond donors (Lipinski definition) is 3. The monoisotopic (exact) mass is 315 g/mol. The molecule has 1 atom stereocenters. The van der Waals surface area contributed by atoms with E-state index in [0.29, 0.717) is 18.6 Å². The van der Waals surface area contributed by atoms with Gasteiger partial charge >= 0.3 is 5.97 Å². The van der Waals surface area contributed by atoms with Gasteiger partial charge in [0.25, 0.3) is 0 Å². The average Bonchev–Trinajstić information content (AvgIpc) is 2.84. The lowest BCUT2D eigenvalue weighted by atomic mass is 10.1. The SMILES string of the molecule is Cc1ccc(C(=O)O)cc1S(=O)(=O)NCC1(O)CCOC1. The van der Waals surface area contributed by atoms with E-state index in [2.05, 4.69) is 4.72 Å². The van der Waals surface area contributed by atoms with E-state index >= 15 is 0 Å². The first-order chi connectivity index (χ1) is 9.73. The smallest absolute Gasteiger partial charge is 0.335 e. The summed E-state index contributed by atoms with van der Waals surface area (Å²) >= 11 is 0. The highest BCUT2D eigenvalue weighted by Crippen LogP contribution is 2.20. The van der Waals surface area contributed by atoms with Crippen molar-refractivity contribution in [2.45, 2.75) is 23.8 Å². The number of carboxylic acids is 1. The van der Waals surface area contributed by atoms with Gasteiger partial charge in [0.15, 0.2) is 0 Å². The standard InChI is InChI=1S/C13H17NO6S/c1-9-2-3-10(12(15)16)6-11(9)21(18,19)14-7-13(17)4-5-20-8-13/h2-3,6,14,17H,4-5,7-8H2,1H3,(H,15,16). The lowest BCUT2D eigenvalue weighted by Gasteiger charge is -2.21. The van der Waals surface area contributed by atoms with Crippen LogP contribution in [0.1, 0.15) is 22.3 Å². The van der Waals surface area contributed by atoms with Crippen molar-refractivity contribution in [3.63, 3.8) is 0 Å². The van der Waals surface area contributed by atoms with Gasteiger partial charge in [0, 0.05) is 19.6 Å². The van der Waals surface area contributed by atoms with Crippen LogP contribution in [-0.4, -0.2) is 50.0 Å². The topological polar surface area (TPSA) is 113 Å². The fraction of sp³-hybridized carbons (Fsp3) is 0.462. The molecular weight excluding hydrogens is 298 g/mol. The molecule has 0 aromatic heterocycles. The summed E-state index contributed by atoms with van der Waals surface area (Å²) in [7, 11) is -3.90. The first kappa shape index (κ1) is 15.9. The third kappa shape index (κ3) is 3.59. The number of rotatable bonds is 5. The lowest BCUT2D eigenvalue weighted by molar-refractivity contribution is 0.0314. The van der Waals surface area contributed by atoms with Gasteiger partial charge in [-0.05, 0) is 24.6 Å². The Labute approximate surface area is 122 Å². The second kappa shape index (κ2) is 5.72. The molecule has 21 heavy (non-hydrogen) atoms. The predicted octanol–water partition coefficient (Wildman–Crippen LogP) is 0.123. The zero-order valence-electron chi connectivity index (χ0n) is 11.5. The van der Waals surface area contributed by atoms with Crippen molar-refractivity contribution in [1.82, 2.24) is 4.72 Å². The van der Waals surface area contributed by atoms with Gasteiger partial charge in [-0.2, -0.15) is 0 Å². The molecule has 3 N–H and O–H groups in total. The van der Waals surface area contributed by atoms with E-state index in [1.54, 1.807) is 6.92 Å². The second-order valence-electron chi connectivity index (χ2n) is 5.14. The van der Waals surface area contributed by atoms with Crippen LogP contribution in [0.15, 0.2) is 23.1 Å². The Kier molecular flexibility index (Phi) is 4.33. The molecule has 0 saturated carbocycles. The average molecular weight is 315 g/mol. The van der Waals surface area contributed by atoms with Crippen LogP contribution in [-0.2, 0) is 14.8 Å². The van der Waals surface area contributed by atoms with Crippen LogP contribution in [0.2, 0.25) is 0 Å². The molecule has 1 aromatic carbocycles. The third-order valence-electron chi connectivity index (χ3n) is 3.40. The minimum Gasteiger partial charge on any atom is -0.478 e. The number of hydrogen-bond acceptors (Lipinski definition) is 5. The fourth-order valence-corrected chi connectivity index (χ4v) is 3.45. The summed E-state index contributed by atoms with van der Waals surface area (Å²) in [6.07, 6.45) is 0.351. The molecule has 1 unspecified atom stereocenters. The van der Waals surface area contributed by atoms with Crippen molar-refractivity contribution in [1.29, 1.82) is 0 Å². The molecular formula is C13H17NO6S. The van der Waals surface area contributed by atoms with Crippen LogP contribution in [0.3, 0.4) is 0 Å². The molecule has 0 amide bonds. The summed E-state index contributed by atoms with van der Waals surface area (Å²) in [5.74, 6) is -1.20. The van der Waals surface area contributed by atoms with Crippen molar-refractivity contribution < 1.29 is 28.2 Å². The number of sulfonamides is 1. The number of aryl methyl sites for hydroxylation is 1. The molecule has 0 radical (unpaired) electrons. The van der Waals surface area contributed by atoms with E-state index in [4.69, 9.17) is 9.84 Å². The number of carboxylic acid groups (broad SMARTS) is 1. The molecule has 0 aliphatic carbocycles. The van der Waals surface area contributed by atoms with E-state index in [-0.39, 0.29) is 23.6 Å². The minimum atomic E-state index is -3.90. The third-order valence-corrected chi connectivity index (χ3v) is 4.94. The number of benzene rings is 1. The minimum absolute atomic E-state index is 0.0731. The molecule has 1 saturated heterocycles. The Balaban J connectivity index is 2.23. The number of nitrogens with one attached hydrogen (secondary N) is 1. The Bertz CT molecular complexity index is 649. The quantitative estimate of drug-likeness (QED) is 0.711. The van der Waals surface area contributed by atoms with Gasteiger partial charge in [-0.1, -0.05) is 6.07 Å². The van der Waals surface area contributed by atoms with Crippen LogP contribution < -0.4 is 4.72 Å². The molecule has 1 heterocycles. The molecule has 0 spiro atoms. The van der Waals surface area contributed by atoms with Gasteiger partial charge in [-0.15, -0.1) is 0 Å². The second-order valence-corrected chi connectivity index (χ2v) is 6.87. The number of aliphatic hydroxyl groups is 1. The maximum absolute atomic E-state index is 12.3. The number of carbonyl (C=O) groups is 1. The van der Waals surface area contributed by atoms with E-state index in [1.807, 2.05) is 0 Å². The summed E-state index contributed by atoms with van der Waals surface area (Å²) in [6.45, 7) is 1.86. The summed E-state index contributed by atoms with van der Waals surface area (Å²) in [6, 6.07) is 3.88. The largest absolute Gasteiger partial charge is 0.478 e. The highest BCUT2D eigenvalue weighted by atomic mass is 32.2. The molecule has 1 fully saturated rings. The lowest BCUT2D eigenvalue weighted by Crippen LogP contribution is -2.43. The Morgan fingerprint density at radius 1 is 1.48 bits per heavy atom. The summed E-state index contributed by atoms with van der Waals surface area (Å²) in [5, 5.41) is 19.0. The molecule has 2 rings (SSSR count). The van der Waals surface area contributed by atoms with Gasteiger partial charge in [-0.3, -0.25) is 0 Å². The number of aromatic carboxylic acids is 1. The fourth-order valence-electron chi connectivity index (χ4n) is 2.07. The molecule has 116 valence electrons. The molecule has 1 aromatic rings. The van der Waals surface area contributed by atoms with Crippen LogP contribution in [0.25, 0.3) is 0 Å². The highest BCUT2D eigenvalue weighted by molar-refractivity contribution is 7.89. The Hall–Kier alpha value is -1.48. The van der Waals surface area contributed by atoms with Crippen LogP contribution in [0, 0.1) is 6.92 Å². The molecule has 7 nitrogen and oxygen atoms in total. The van der Waals surface area contributed by atoms with Crippen LogP contribution >= 0.6 is 0 Å². The van der Waals surface area contributed by atoms with Crippen LogP contribution in [0.4, 0.5) is 0 Å². The van der Waals surface area contributed by atoms with Gasteiger partial charge < -0.3 is 14.9 Å². The summed E-state index contributed by atoms with van der Waals surface area (Å²) in [5.41, 5.74) is -0.892. The predicted molar refractivity (Wildman–Crippen MR) is 73.7 cm³/mol. The van der Waals surface area contributed by atoms with Crippen molar-refractivity contribution in [3.8, 4) is 0 Å². The number of ether oxygens (including phenoxy) is 1. The first-order valence-corrected chi connectivity index (χ1v) is 7.86. The zero-order valence-corrected chi connectivity index (χ0v) is 12.3. The van der Waals surface area contributed by atoms with E-state index < -0.39 is 21.6 Å². The Morgan fingerprint density at radius 3 is 2.76 bits per heavy atom. The van der Waals surface area contributed by atoms with Crippen LogP contribution in [0.5, 0.6) is 0 Å². The van der Waals surface area contributed by atoms with Gasteiger partial charge in [0.1, 0.15) is 5.60 Å². The maximum Gasteiger partial charge on any atom is 0.335 e. The highest BCUT2D eigenvalue weighted by Gasteiger charge is 2.34. The summed E-state index contributed by atoms with van der Waals surface area (Å²) < 4.78 is 31.9. The van der Waals surface area contributed by atoms with E-state index in [0.717, 1.165) is 6.07 Å². The van der Waals surface area contributed by atoms with E-state index in [9.17, 15) is 18.3 Å². The van der Waals surface area contributed by atoms with Gasteiger partial charge in [-0.25, -0.2) is 17.9 Å². The van der Waals surface area contributed by atoms with Crippen molar-refractivity contribution in [2.75, 3.05) is 19.8 Å². The normalized spacial score (nSPS) is 22.4. The maximum atomic E-state index is 12.3. The Morgan fingerprint density at radius 2 is 2.19 bits per heavy atom. The van der Waals surface area contributed by atoms with Crippen molar-refractivity contribution in [3.05, 3.63) is 29.3 Å². The summed E-state index contributed by atoms with van der Waals surface area (Å²) in [4.78, 5) is 10.8. The van der Waals surface area contributed by atoms with Gasteiger partial charge in [0.05, 0.1) is 17.1 Å². The first-order valence-electron chi connectivity index (χ1n) is 6.37. The zero-order chi connectivity index (χ0) is 15.7. The van der Waals surface area contributed by atoms with Crippen molar-refractivity contribution in [2.24, 2.45) is 0 Å². The molecule has 8 heteroatoms.